The summed E-state index contributed by atoms with van der Waals surface area (Å²) in [6.45, 7) is 1.71. The molecule has 0 spiro atoms. The van der Waals surface area contributed by atoms with Crippen LogP contribution in [0.1, 0.15) is 35.7 Å². The van der Waals surface area contributed by atoms with Gasteiger partial charge in [-0.05, 0) is 25.5 Å². The first-order valence-corrected chi connectivity index (χ1v) is 7.64. The molecule has 0 saturated carbocycles. The highest BCUT2D eigenvalue weighted by Gasteiger charge is 2.39. The van der Waals surface area contributed by atoms with Crippen LogP contribution in [0, 0.1) is 0 Å². The fourth-order valence-electron chi connectivity index (χ4n) is 3.02. The van der Waals surface area contributed by atoms with E-state index in [0.29, 0.717) is 23.2 Å². The van der Waals surface area contributed by atoms with E-state index in [2.05, 4.69) is 10.6 Å². The average Bonchev–Trinajstić information content (AvgIpc) is 2.85. The number of carbonyl (C=O) groups is 4. The van der Waals surface area contributed by atoms with Gasteiger partial charge in [-0.1, -0.05) is 6.07 Å². The van der Waals surface area contributed by atoms with Gasteiger partial charge in [0.05, 0.1) is 0 Å². The Hall–Kier alpha value is -2.90. The fraction of sp³-hybridized carbons (Fsp3) is 0.375. The predicted octanol–water partition coefficient (Wildman–Crippen LogP) is 0.333. The molecule has 2 atom stereocenters. The van der Waals surface area contributed by atoms with Crippen LogP contribution in [0.5, 0.6) is 0 Å². The normalized spacial score (nSPS) is 21.3. The van der Waals surface area contributed by atoms with E-state index in [1.54, 1.807) is 18.2 Å². The summed E-state index contributed by atoms with van der Waals surface area (Å²) >= 11 is 0. The van der Waals surface area contributed by atoms with Crippen molar-refractivity contribution in [1.82, 2.24) is 10.2 Å². The van der Waals surface area contributed by atoms with E-state index in [0.717, 1.165) is 0 Å². The zero-order chi connectivity index (χ0) is 17.4. The van der Waals surface area contributed by atoms with E-state index in [-0.39, 0.29) is 24.8 Å². The summed E-state index contributed by atoms with van der Waals surface area (Å²) < 4.78 is 0. The molecule has 0 unspecified atom stereocenters. The molecule has 0 bridgehead atoms. The maximum absolute atomic E-state index is 12.6. The smallest absolute Gasteiger partial charge is 0.325 e. The minimum absolute atomic E-state index is 0.192. The number of amides is 3. The molecule has 1 aromatic carbocycles. The lowest BCUT2D eigenvalue weighted by Crippen LogP contribution is -2.52. The number of carboxylic acids is 1. The highest BCUT2D eigenvalue weighted by Crippen LogP contribution is 2.32. The van der Waals surface area contributed by atoms with Crippen molar-refractivity contribution in [3.63, 3.8) is 0 Å². The topological polar surface area (TPSA) is 116 Å². The third-order valence-electron chi connectivity index (χ3n) is 4.32. The van der Waals surface area contributed by atoms with Crippen LogP contribution in [0.4, 0.5) is 5.69 Å². The number of nitrogens with one attached hydrogen (secondary N) is 2. The molecule has 3 amide bonds. The first kappa shape index (κ1) is 16.0. The Morgan fingerprint density at radius 2 is 2.12 bits per heavy atom. The van der Waals surface area contributed by atoms with Gasteiger partial charge < -0.3 is 15.3 Å². The minimum atomic E-state index is -1.00. The molecule has 2 aliphatic rings. The van der Waals surface area contributed by atoms with Crippen LogP contribution in [0.25, 0.3) is 0 Å². The van der Waals surface area contributed by atoms with Gasteiger partial charge in [-0.15, -0.1) is 0 Å². The third-order valence-corrected chi connectivity index (χ3v) is 4.32. The molecule has 2 heterocycles. The van der Waals surface area contributed by atoms with Gasteiger partial charge in [0.1, 0.15) is 12.1 Å². The molecule has 1 fully saturated rings. The number of hydrogen-bond acceptors (Lipinski definition) is 5. The van der Waals surface area contributed by atoms with Gasteiger partial charge in [-0.3, -0.25) is 24.5 Å². The first-order chi connectivity index (χ1) is 11.4. The Balaban J connectivity index is 1.86. The quantitative estimate of drug-likeness (QED) is 0.685. The second-order valence-electron chi connectivity index (χ2n) is 5.94. The molecule has 2 aliphatic heterocycles. The number of anilines is 1. The Morgan fingerprint density at radius 3 is 2.79 bits per heavy atom. The van der Waals surface area contributed by atoms with E-state index >= 15 is 0 Å². The van der Waals surface area contributed by atoms with Crippen LogP contribution in [0.15, 0.2) is 18.2 Å². The van der Waals surface area contributed by atoms with Crippen molar-refractivity contribution < 1.29 is 24.3 Å². The summed E-state index contributed by atoms with van der Waals surface area (Å²) in [5, 5.41) is 14.2. The molecule has 0 aromatic heterocycles. The molecular formula is C16H17N3O5. The van der Waals surface area contributed by atoms with Crippen molar-refractivity contribution in [2.24, 2.45) is 0 Å². The molecule has 0 radical (unpaired) electrons. The van der Waals surface area contributed by atoms with Crippen LogP contribution < -0.4 is 10.6 Å². The lowest BCUT2D eigenvalue weighted by atomic mass is 10.0. The van der Waals surface area contributed by atoms with Gasteiger partial charge in [0.25, 0.3) is 5.91 Å². The Kier molecular flexibility index (Phi) is 3.96. The Labute approximate surface area is 137 Å². The number of hydrogen-bond donors (Lipinski definition) is 3. The van der Waals surface area contributed by atoms with E-state index in [4.69, 9.17) is 5.11 Å². The largest absolute Gasteiger partial charge is 0.480 e. The van der Waals surface area contributed by atoms with Crippen LogP contribution in [-0.4, -0.2) is 45.8 Å². The summed E-state index contributed by atoms with van der Waals surface area (Å²) in [4.78, 5) is 48.4. The summed E-state index contributed by atoms with van der Waals surface area (Å²) in [7, 11) is 0. The maximum atomic E-state index is 12.6. The number of carboxylic acid groups (broad SMARTS) is 1. The van der Waals surface area contributed by atoms with Gasteiger partial charge in [-0.25, -0.2) is 0 Å². The molecule has 0 aliphatic carbocycles. The van der Waals surface area contributed by atoms with E-state index < -0.39 is 24.0 Å². The zero-order valence-corrected chi connectivity index (χ0v) is 13.0. The predicted molar refractivity (Wildman–Crippen MR) is 83.2 cm³/mol. The standard InChI is InChI=1S/C16H17N3O5/c1-8(16(23)24)17-11-4-2-3-9-10(11)7-19(15(9)22)12-5-6-13(20)18-14(12)21/h2-4,8,12,17H,5-7H2,1H3,(H,23,24)(H,18,20,21)/t8-,12+/m0/s1. The second-order valence-corrected chi connectivity index (χ2v) is 5.94. The molecule has 8 heteroatoms. The number of benzene rings is 1. The summed E-state index contributed by atoms with van der Waals surface area (Å²) in [5.74, 6) is -2.09. The van der Waals surface area contributed by atoms with E-state index in [1.165, 1.54) is 11.8 Å². The van der Waals surface area contributed by atoms with Crippen molar-refractivity contribution in [2.75, 3.05) is 5.32 Å². The number of rotatable bonds is 4. The number of piperidine rings is 1. The molecule has 1 aromatic rings. The van der Waals surface area contributed by atoms with Crippen LogP contribution in [0.3, 0.4) is 0 Å². The van der Waals surface area contributed by atoms with Crippen molar-refractivity contribution >= 4 is 29.4 Å². The number of nitrogens with zero attached hydrogens (tertiary/aromatic N) is 1. The first-order valence-electron chi connectivity index (χ1n) is 7.64. The van der Waals surface area contributed by atoms with Gasteiger partial charge >= 0.3 is 5.97 Å². The molecule has 24 heavy (non-hydrogen) atoms. The fourth-order valence-corrected chi connectivity index (χ4v) is 3.02. The van der Waals surface area contributed by atoms with Gasteiger partial charge in [0.2, 0.25) is 11.8 Å². The van der Waals surface area contributed by atoms with Crippen molar-refractivity contribution in [3.05, 3.63) is 29.3 Å². The average molecular weight is 331 g/mol. The minimum Gasteiger partial charge on any atom is -0.480 e. The zero-order valence-electron chi connectivity index (χ0n) is 13.0. The van der Waals surface area contributed by atoms with Gasteiger partial charge in [0, 0.05) is 29.8 Å². The van der Waals surface area contributed by atoms with Crippen molar-refractivity contribution in [1.29, 1.82) is 0 Å². The number of fused-ring (bicyclic) bond motifs is 1. The SMILES string of the molecule is C[C@H](Nc1cccc2c1CN([C@@H]1CCC(=O)NC1=O)C2=O)C(=O)O. The maximum Gasteiger partial charge on any atom is 0.325 e. The number of carbonyl (C=O) groups excluding carboxylic acids is 3. The van der Waals surface area contributed by atoms with Crippen molar-refractivity contribution in [3.8, 4) is 0 Å². The van der Waals surface area contributed by atoms with Gasteiger partial charge in [0.15, 0.2) is 0 Å². The van der Waals surface area contributed by atoms with Crippen LogP contribution in [0.2, 0.25) is 0 Å². The molecule has 3 N–H and O–H groups in total. The highest BCUT2D eigenvalue weighted by atomic mass is 16.4. The van der Waals surface area contributed by atoms with Crippen LogP contribution in [-0.2, 0) is 20.9 Å². The lowest BCUT2D eigenvalue weighted by Gasteiger charge is -2.29. The highest BCUT2D eigenvalue weighted by molar-refractivity contribution is 6.06. The van der Waals surface area contributed by atoms with E-state index in [1.807, 2.05) is 0 Å². The summed E-state index contributed by atoms with van der Waals surface area (Å²) in [5.41, 5.74) is 1.67. The molecule has 8 nitrogen and oxygen atoms in total. The third kappa shape index (κ3) is 2.70. The Morgan fingerprint density at radius 1 is 1.38 bits per heavy atom. The summed E-state index contributed by atoms with van der Waals surface area (Å²) in [6, 6.07) is 3.53. The lowest BCUT2D eigenvalue weighted by molar-refractivity contribution is -0.138. The summed E-state index contributed by atoms with van der Waals surface area (Å²) in [6.07, 6.45) is 0.483. The van der Waals surface area contributed by atoms with Crippen LogP contribution >= 0.6 is 0 Å². The number of imide groups is 1. The molecule has 3 rings (SSSR count). The molecule has 126 valence electrons. The monoisotopic (exact) mass is 331 g/mol. The number of aliphatic carboxylic acids is 1. The molecule has 1 saturated heterocycles. The van der Waals surface area contributed by atoms with Gasteiger partial charge in [-0.2, -0.15) is 0 Å². The Bertz CT molecular complexity index is 745. The molecular weight excluding hydrogens is 314 g/mol. The van der Waals surface area contributed by atoms with Crippen molar-refractivity contribution in [2.45, 2.75) is 38.4 Å². The van der Waals surface area contributed by atoms with E-state index in [9.17, 15) is 19.2 Å². The second kappa shape index (κ2) is 5.95.